The highest BCUT2D eigenvalue weighted by atomic mass is 35.5. The normalized spacial score (nSPS) is 10.8. The Morgan fingerprint density at radius 3 is 2.96 bits per heavy atom. The molecule has 26 heavy (non-hydrogen) atoms. The van der Waals surface area contributed by atoms with Gasteiger partial charge in [0, 0.05) is 11.2 Å². The number of H-pyrrole nitrogens is 1. The van der Waals surface area contributed by atoms with Gasteiger partial charge in [0.2, 0.25) is 0 Å². The van der Waals surface area contributed by atoms with E-state index in [0.29, 0.717) is 22.9 Å². The van der Waals surface area contributed by atoms with Crippen LogP contribution in [0.3, 0.4) is 0 Å². The predicted molar refractivity (Wildman–Crippen MR) is 103 cm³/mol. The molecule has 0 aliphatic rings. The van der Waals surface area contributed by atoms with Crippen LogP contribution in [0.2, 0.25) is 5.02 Å². The highest BCUT2D eigenvalue weighted by Crippen LogP contribution is 2.23. The van der Waals surface area contributed by atoms with Crippen molar-refractivity contribution in [3.63, 3.8) is 0 Å². The maximum Gasteiger partial charge on any atom is 0.276 e. The number of halogens is 1. The van der Waals surface area contributed by atoms with Crippen LogP contribution in [0.25, 0.3) is 10.6 Å². The van der Waals surface area contributed by atoms with Crippen molar-refractivity contribution in [2.45, 2.75) is 6.54 Å². The van der Waals surface area contributed by atoms with E-state index in [1.807, 2.05) is 41.8 Å². The zero-order valence-electron chi connectivity index (χ0n) is 13.5. The van der Waals surface area contributed by atoms with Crippen LogP contribution < -0.4 is 5.32 Å². The first kappa shape index (κ1) is 16.6. The molecule has 130 valence electrons. The molecule has 0 saturated heterocycles. The molecule has 3 aromatic heterocycles. The van der Waals surface area contributed by atoms with E-state index in [1.165, 1.54) is 0 Å². The summed E-state index contributed by atoms with van der Waals surface area (Å²) in [5.74, 6) is -0.290. The Hall–Kier alpha value is -2.90. The van der Waals surface area contributed by atoms with E-state index < -0.39 is 0 Å². The lowest BCUT2D eigenvalue weighted by molar-refractivity contribution is 0.102. The molecule has 8 heteroatoms. The number of aromatic amines is 1. The number of anilines is 1. The Morgan fingerprint density at radius 2 is 2.15 bits per heavy atom. The highest BCUT2D eigenvalue weighted by Gasteiger charge is 2.13. The van der Waals surface area contributed by atoms with Crippen LogP contribution in [0.5, 0.6) is 0 Å². The lowest BCUT2D eigenvalue weighted by Crippen LogP contribution is -2.11. The molecule has 1 aromatic carbocycles. The summed E-state index contributed by atoms with van der Waals surface area (Å²) >= 11 is 7.75. The standard InChI is InChI=1S/C18H14ClN5OS/c19-14-5-2-1-4-12(14)10-24-11-13(9-20-24)21-18(25)16-8-15(22-23-16)17-6-3-7-26-17/h1-9,11H,10H2,(H,21,25)(H,22,23). The average Bonchev–Trinajstić information content (AvgIpc) is 3.38. The summed E-state index contributed by atoms with van der Waals surface area (Å²) in [5.41, 5.74) is 2.71. The van der Waals surface area contributed by atoms with E-state index in [-0.39, 0.29) is 5.91 Å². The van der Waals surface area contributed by atoms with E-state index in [0.717, 1.165) is 16.1 Å². The van der Waals surface area contributed by atoms with Gasteiger partial charge in [0.25, 0.3) is 5.91 Å². The van der Waals surface area contributed by atoms with Crippen LogP contribution in [0.1, 0.15) is 16.1 Å². The number of carbonyl (C=O) groups is 1. The van der Waals surface area contributed by atoms with Gasteiger partial charge in [0.05, 0.1) is 29.0 Å². The number of nitrogens with zero attached hydrogens (tertiary/aromatic N) is 3. The van der Waals surface area contributed by atoms with Crippen LogP contribution in [-0.4, -0.2) is 25.9 Å². The number of nitrogens with one attached hydrogen (secondary N) is 2. The molecule has 3 heterocycles. The lowest BCUT2D eigenvalue weighted by atomic mass is 10.2. The molecule has 0 fully saturated rings. The quantitative estimate of drug-likeness (QED) is 0.539. The summed E-state index contributed by atoms with van der Waals surface area (Å²) < 4.78 is 1.72. The molecule has 4 rings (SSSR count). The third kappa shape index (κ3) is 3.54. The number of rotatable bonds is 5. The molecule has 1 amide bonds. The van der Waals surface area contributed by atoms with Gasteiger partial charge in [-0.15, -0.1) is 11.3 Å². The summed E-state index contributed by atoms with van der Waals surface area (Å²) in [5, 5.41) is 16.7. The first-order valence-electron chi connectivity index (χ1n) is 7.85. The van der Waals surface area contributed by atoms with Gasteiger partial charge in [0.15, 0.2) is 5.69 Å². The van der Waals surface area contributed by atoms with Crippen molar-refractivity contribution in [2.75, 3.05) is 5.32 Å². The number of carbonyl (C=O) groups excluding carboxylic acids is 1. The minimum atomic E-state index is -0.290. The summed E-state index contributed by atoms with van der Waals surface area (Å²) in [6, 6.07) is 13.2. The molecule has 0 saturated carbocycles. The largest absolute Gasteiger partial charge is 0.318 e. The zero-order valence-corrected chi connectivity index (χ0v) is 15.1. The van der Waals surface area contributed by atoms with Crippen molar-refractivity contribution in [1.29, 1.82) is 0 Å². The van der Waals surface area contributed by atoms with E-state index in [4.69, 9.17) is 11.6 Å². The molecule has 0 aliphatic carbocycles. The van der Waals surface area contributed by atoms with Crippen molar-refractivity contribution in [3.05, 3.63) is 76.5 Å². The summed E-state index contributed by atoms with van der Waals surface area (Å²) in [7, 11) is 0. The fraction of sp³-hybridized carbons (Fsp3) is 0.0556. The van der Waals surface area contributed by atoms with Gasteiger partial charge in [-0.1, -0.05) is 35.9 Å². The van der Waals surface area contributed by atoms with Crippen molar-refractivity contribution in [2.24, 2.45) is 0 Å². The molecular formula is C18H14ClN5OS. The third-order valence-corrected chi connectivity index (χ3v) is 5.05. The molecule has 4 aromatic rings. The molecule has 0 spiro atoms. The van der Waals surface area contributed by atoms with Gasteiger partial charge in [0.1, 0.15) is 0 Å². The average molecular weight is 384 g/mol. The van der Waals surface area contributed by atoms with Gasteiger partial charge < -0.3 is 5.32 Å². The van der Waals surface area contributed by atoms with Crippen molar-refractivity contribution < 1.29 is 4.79 Å². The molecular weight excluding hydrogens is 370 g/mol. The van der Waals surface area contributed by atoms with Crippen LogP contribution in [-0.2, 0) is 6.54 Å². The second-order valence-electron chi connectivity index (χ2n) is 5.62. The van der Waals surface area contributed by atoms with E-state index >= 15 is 0 Å². The number of benzene rings is 1. The second kappa shape index (κ2) is 7.15. The van der Waals surface area contributed by atoms with Crippen molar-refractivity contribution in [3.8, 4) is 10.6 Å². The summed E-state index contributed by atoms with van der Waals surface area (Å²) in [4.78, 5) is 13.4. The van der Waals surface area contributed by atoms with E-state index in [9.17, 15) is 4.79 Å². The SMILES string of the molecule is O=C(Nc1cnn(Cc2ccccc2Cl)c1)c1cc(-c2cccs2)[nH]n1. The fourth-order valence-electron chi connectivity index (χ4n) is 2.51. The maximum absolute atomic E-state index is 12.4. The van der Waals surface area contributed by atoms with E-state index in [1.54, 1.807) is 34.5 Å². The molecule has 6 nitrogen and oxygen atoms in total. The van der Waals surface area contributed by atoms with Crippen molar-refractivity contribution in [1.82, 2.24) is 20.0 Å². The number of amides is 1. The molecule has 0 atom stereocenters. The van der Waals surface area contributed by atoms with Crippen LogP contribution >= 0.6 is 22.9 Å². The van der Waals surface area contributed by atoms with Crippen molar-refractivity contribution >= 4 is 34.5 Å². The number of thiophene rings is 1. The zero-order chi connectivity index (χ0) is 17.9. The second-order valence-corrected chi connectivity index (χ2v) is 6.97. The lowest BCUT2D eigenvalue weighted by Gasteiger charge is -2.03. The van der Waals surface area contributed by atoms with E-state index in [2.05, 4.69) is 20.6 Å². The number of hydrogen-bond donors (Lipinski definition) is 2. The van der Waals surface area contributed by atoms with Crippen LogP contribution in [0.4, 0.5) is 5.69 Å². The third-order valence-electron chi connectivity index (χ3n) is 3.78. The minimum Gasteiger partial charge on any atom is -0.318 e. The Morgan fingerprint density at radius 1 is 1.27 bits per heavy atom. The van der Waals surface area contributed by atoms with Gasteiger partial charge in [-0.05, 0) is 29.1 Å². The fourth-order valence-corrected chi connectivity index (χ4v) is 3.39. The Kier molecular flexibility index (Phi) is 4.55. The van der Waals surface area contributed by atoms with Crippen LogP contribution in [0.15, 0.2) is 60.2 Å². The summed E-state index contributed by atoms with van der Waals surface area (Å²) in [6.07, 6.45) is 3.36. The smallest absolute Gasteiger partial charge is 0.276 e. The maximum atomic E-state index is 12.4. The van der Waals surface area contributed by atoms with Gasteiger partial charge in [-0.2, -0.15) is 10.2 Å². The molecule has 0 unspecified atom stereocenters. The van der Waals surface area contributed by atoms with Crippen LogP contribution in [0, 0.1) is 0 Å². The Balaban J connectivity index is 1.44. The Bertz CT molecular complexity index is 1040. The number of aromatic nitrogens is 4. The summed E-state index contributed by atoms with van der Waals surface area (Å²) in [6.45, 7) is 0.528. The minimum absolute atomic E-state index is 0.290. The monoisotopic (exact) mass is 383 g/mol. The number of hydrogen-bond acceptors (Lipinski definition) is 4. The predicted octanol–water partition coefficient (Wildman–Crippen LogP) is 4.29. The Labute approximate surface area is 158 Å². The highest BCUT2D eigenvalue weighted by molar-refractivity contribution is 7.13. The first-order valence-corrected chi connectivity index (χ1v) is 9.11. The molecule has 0 bridgehead atoms. The first-order chi connectivity index (χ1) is 12.7. The topological polar surface area (TPSA) is 75.6 Å². The molecule has 2 N–H and O–H groups in total. The van der Waals surface area contributed by atoms with Gasteiger partial charge in [-0.3, -0.25) is 14.6 Å². The molecule has 0 radical (unpaired) electrons. The molecule has 0 aliphatic heterocycles. The van der Waals surface area contributed by atoms with Gasteiger partial charge >= 0.3 is 0 Å². The van der Waals surface area contributed by atoms with Gasteiger partial charge in [-0.25, -0.2) is 0 Å².